The van der Waals surface area contributed by atoms with E-state index < -0.39 is 0 Å². The Bertz CT molecular complexity index is 809. The Morgan fingerprint density at radius 1 is 1.29 bits per heavy atom. The van der Waals surface area contributed by atoms with E-state index in [2.05, 4.69) is 15.4 Å². The van der Waals surface area contributed by atoms with E-state index in [0.717, 1.165) is 10.8 Å². The fraction of sp³-hybridized carbons (Fsp3) is 0.133. The summed E-state index contributed by atoms with van der Waals surface area (Å²) in [6.07, 6.45) is 1.59. The number of benzene rings is 2. The molecule has 1 amide bonds. The van der Waals surface area contributed by atoms with Crippen molar-refractivity contribution >= 4 is 22.4 Å². The topological polar surface area (TPSA) is 85.8 Å². The van der Waals surface area contributed by atoms with Crippen molar-refractivity contribution < 1.29 is 4.79 Å². The number of fused-ring (bicyclic) bond motifs is 1. The molecular weight excluding hydrogens is 266 g/mol. The second-order valence-corrected chi connectivity index (χ2v) is 4.80. The molecule has 3 N–H and O–H groups in total. The summed E-state index contributed by atoms with van der Waals surface area (Å²) < 4.78 is 1.59. The third-order valence-electron chi connectivity index (χ3n) is 3.22. The molecule has 0 aliphatic carbocycles. The quantitative estimate of drug-likeness (QED) is 0.712. The zero-order valence-electron chi connectivity index (χ0n) is 11.6. The number of rotatable bonds is 3. The summed E-state index contributed by atoms with van der Waals surface area (Å²) in [5.74, 6) is 0.330. The van der Waals surface area contributed by atoms with E-state index in [0.29, 0.717) is 17.1 Å². The maximum atomic E-state index is 12.2. The lowest BCUT2D eigenvalue weighted by Crippen LogP contribution is -2.24. The molecule has 0 atom stereocenters. The van der Waals surface area contributed by atoms with E-state index in [1.807, 2.05) is 30.3 Å². The van der Waals surface area contributed by atoms with Gasteiger partial charge in [-0.05, 0) is 22.9 Å². The van der Waals surface area contributed by atoms with Gasteiger partial charge in [-0.2, -0.15) is 5.10 Å². The van der Waals surface area contributed by atoms with E-state index in [1.165, 1.54) is 0 Å². The molecule has 0 spiro atoms. The molecule has 1 aromatic heterocycles. The van der Waals surface area contributed by atoms with Gasteiger partial charge in [0.25, 0.3) is 5.91 Å². The van der Waals surface area contributed by atoms with Crippen molar-refractivity contribution in [3.8, 4) is 0 Å². The Balaban J connectivity index is 1.82. The highest BCUT2D eigenvalue weighted by atomic mass is 16.1. The number of aromatic nitrogens is 3. The van der Waals surface area contributed by atoms with Crippen molar-refractivity contribution in [2.24, 2.45) is 7.05 Å². The number of hydrogen-bond donors (Lipinski definition) is 2. The Morgan fingerprint density at radius 3 is 2.67 bits per heavy atom. The molecule has 0 unspecified atom stereocenters. The fourth-order valence-corrected chi connectivity index (χ4v) is 2.17. The zero-order valence-corrected chi connectivity index (χ0v) is 11.6. The van der Waals surface area contributed by atoms with E-state index in [-0.39, 0.29) is 12.5 Å². The van der Waals surface area contributed by atoms with Crippen LogP contribution >= 0.6 is 0 Å². The third-order valence-corrected chi connectivity index (χ3v) is 3.22. The monoisotopic (exact) mass is 281 g/mol. The number of carbonyl (C=O) groups is 1. The molecule has 3 rings (SSSR count). The first-order valence-electron chi connectivity index (χ1n) is 6.54. The van der Waals surface area contributed by atoms with Crippen molar-refractivity contribution in [3.63, 3.8) is 0 Å². The maximum Gasteiger partial charge on any atom is 0.253 e. The summed E-state index contributed by atoms with van der Waals surface area (Å²) >= 11 is 0. The Labute approximate surface area is 121 Å². The van der Waals surface area contributed by atoms with Crippen molar-refractivity contribution in [2.75, 3.05) is 5.73 Å². The van der Waals surface area contributed by atoms with Crippen molar-refractivity contribution in [1.82, 2.24) is 20.1 Å². The van der Waals surface area contributed by atoms with Crippen molar-refractivity contribution in [3.05, 3.63) is 54.1 Å². The Kier molecular flexibility index (Phi) is 3.27. The number of nitrogen functional groups attached to an aromatic ring is 1. The lowest BCUT2D eigenvalue weighted by Gasteiger charge is -2.08. The molecule has 6 heteroatoms. The van der Waals surface area contributed by atoms with Crippen LogP contribution in [0.4, 0.5) is 5.69 Å². The smallest absolute Gasteiger partial charge is 0.253 e. The number of hydrogen-bond acceptors (Lipinski definition) is 4. The molecule has 21 heavy (non-hydrogen) atoms. The summed E-state index contributed by atoms with van der Waals surface area (Å²) in [4.78, 5) is 16.3. The van der Waals surface area contributed by atoms with E-state index in [9.17, 15) is 4.79 Å². The van der Waals surface area contributed by atoms with Crippen LogP contribution in [0.5, 0.6) is 0 Å². The maximum absolute atomic E-state index is 12.2. The minimum absolute atomic E-state index is 0.231. The molecule has 0 radical (unpaired) electrons. The molecular formula is C15H15N5O. The van der Waals surface area contributed by atoms with Gasteiger partial charge in [0.2, 0.25) is 0 Å². The molecule has 106 valence electrons. The molecule has 1 heterocycles. The molecule has 0 aliphatic heterocycles. The lowest BCUT2D eigenvalue weighted by atomic mass is 10.0. The number of nitrogens with one attached hydrogen (secondary N) is 1. The van der Waals surface area contributed by atoms with E-state index >= 15 is 0 Å². The van der Waals surface area contributed by atoms with Gasteiger partial charge in [-0.15, -0.1) is 0 Å². The number of nitrogens with zero attached hydrogens (tertiary/aromatic N) is 3. The van der Waals surface area contributed by atoms with Gasteiger partial charge >= 0.3 is 0 Å². The Morgan fingerprint density at radius 2 is 2.00 bits per heavy atom. The van der Waals surface area contributed by atoms with Gasteiger partial charge in [-0.3, -0.25) is 9.48 Å². The summed E-state index contributed by atoms with van der Waals surface area (Å²) in [5.41, 5.74) is 6.89. The molecule has 0 fully saturated rings. The molecule has 0 aliphatic rings. The van der Waals surface area contributed by atoms with Gasteiger partial charge < -0.3 is 11.1 Å². The predicted molar refractivity (Wildman–Crippen MR) is 80.5 cm³/mol. The van der Waals surface area contributed by atoms with E-state index in [4.69, 9.17) is 5.73 Å². The first-order valence-corrected chi connectivity index (χ1v) is 6.54. The lowest BCUT2D eigenvalue weighted by molar-refractivity contribution is 0.0951. The molecule has 6 nitrogen and oxygen atoms in total. The normalized spacial score (nSPS) is 10.7. The molecule has 0 saturated carbocycles. The minimum atomic E-state index is -0.231. The molecule has 2 aromatic carbocycles. The summed E-state index contributed by atoms with van der Waals surface area (Å²) in [6.45, 7) is 0.270. The highest BCUT2D eigenvalue weighted by Gasteiger charge is 2.11. The summed E-state index contributed by atoms with van der Waals surface area (Å²) in [7, 11) is 1.78. The highest BCUT2D eigenvalue weighted by molar-refractivity contribution is 6.03. The largest absolute Gasteiger partial charge is 0.398 e. The van der Waals surface area contributed by atoms with Crippen LogP contribution in [0.1, 0.15) is 16.2 Å². The van der Waals surface area contributed by atoms with E-state index in [1.54, 1.807) is 24.1 Å². The van der Waals surface area contributed by atoms with Gasteiger partial charge in [0, 0.05) is 12.7 Å². The average Bonchev–Trinajstić information content (AvgIpc) is 2.89. The van der Waals surface area contributed by atoms with Gasteiger partial charge in [0.05, 0.1) is 12.1 Å². The number of amides is 1. The van der Waals surface area contributed by atoms with Crippen LogP contribution in [0.2, 0.25) is 0 Å². The van der Waals surface area contributed by atoms with Crippen LogP contribution < -0.4 is 11.1 Å². The zero-order chi connectivity index (χ0) is 14.8. The third kappa shape index (κ3) is 2.69. The van der Waals surface area contributed by atoms with Gasteiger partial charge in [-0.25, -0.2) is 4.98 Å². The van der Waals surface area contributed by atoms with Crippen LogP contribution in [-0.2, 0) is 13.6 Å². The average molecular weight is 281 g/mol. The van der Waals surface area contributed by atoms with Crippen molar-refractivity contribution in [1.29, 1.82) is 0 Å². The van der Waals surface area contributed by atoms with Crippen LogP contribution in [0.25, 0.3) is 10.8 Å². The second kappa shape index (κ2) is 5.24. The van der Waals surface area contributed by atoms with Gasteiger partial charge in [0.1, 0.15) is 6.33 Å². The van der Waals surface area contributed by atoms with Crippen LogP contribution in [0.15, 0.2) is 42.7 Å². The Hall–Kier alpha value is -2.89. The summed E-state index contributed by atoms with van der Waals surface area (Å²) in [5, 5.41) is 8.88. The van der Waals surface area contributed by atoms with Crippen LogP contribution in [0, 0.1) is 0 Å². The van der Waals surface area contributed by atoms with Gasteiger partial charge in [0.15, 0.2) is 5.82 Å². The van der Waals surface area contributed by atoms with Crippen LogP contribution in [0.3, 0.4) is 0 Å². The SMILES string of the molecule is Cn1cnc(CNC(=O)c2cc3ccccc3cc2N)n1. The minimum Gasteiger partial charge on any atom is -0.398 e. The first-order chi connectivity index (χ1) is 10.1. The van der Waals surface area contributed by atoms with Crippen LogP contribution in [-0.4, -0.2) is 20.7 Å². The number of nitrogens with two attached hydrogens (primary N) is 1. The summed E-state index contributed by atoms with van der Waals surface area (Å²) in [6, 6.07) is 11.4. The van der Waals surface area contributed by atoms with Gasteiger partial charge in [-0.1, -0.05) is 24.3 Å². The highest BCUT2D eigenvalue weighted by Crippen LogP contribution is 2.21. The first kappa shape index (κ1) is 13.1. The fourth-order valence-electron chi connectivity index (χ4n) is 2.17. The van der Waals surface area contributed by atoms with Crippen molar-refractivity contribution in [2.45, 2.75) is 6.54 Å². The number of aryl methyl sites for hydroxylation is 1. The number of anilines is 1. The molecule has 0 saturated heterocycles. The number of carbonyl (C=O) groups excluding carboxylic acids is 1. The molecule has 3 aromatic rings. The molecule has 0 bridgehead atoms. The predicted octanol–water partition coefficient (Wildman–Crippen LogP) is 1.48. The standard InChI is InChI=1S/C15H15N5O/c1-20-9-18-14(19-20)8-17-15(21)12-6-10-4-2-3-5-11(10)7-13(12)16/h2-7,9H,8,16H2,1H3,(H,17,21). The second-order valence-electron chi connectivity index (χ2n) is 4.80.